The number of sulfonamides is 1. The van der Waals surface area contributed by atoms with E-state index in [-0.39, 0.29) is 6.04 Å². The second-order valence-corrected chi connectivity index (χ2v) is 12.0. The highest BCUT2D eigenvalue weighted by Gasteiger charge is 2.38. The van der Waals surface area contributed by atoms with Crippen LogP contribution in [0.3, 0.4) is 0 Å². The highest BCUT2D eigenvalue weighted by atomic mass is 32.2. The fourth-order valence-electron chi connectivity index (χ4n) is 5.46. The van der Waals surface area contributed by atoms with Gasteiger partial charge in [-0.2, -0.15) is 0 Å². The van der Waals surface area contributed by atoms with Crippen LogP contribution in [0.4, 0.5) is 5.69 Å². The number of hydrogen-bond donors (Lipinski definition) is 1. The summed E-state index contributed by atoms with van der Waals surface area (Å²) < 4.78 is 33.8. The Morgan fingerprint density at radius 1 is 1.03 bits per heavy atom. The third-order valence-corrected chi connectivity index (χ3v) is 9.27. The van der Waals surface area contributed by atoms with Gasteiger partial charge >= 0.3 is 0 Å². The van der Waals surface area contributed by atoms with Gasteiger partial charge in [0.1, 0.15) is 12.4 Å². The molecule has 7 heteroatoms. The normalized spacial score (nSPS) is 25.6. The highest BCUT2D eigenvalue weighted by Crippen LogP contribution is 2.41. The van der Waals surface area contributed by atoms with Crippen molar-refractivity contribution in [1.82, 2.24) is 9.62 Å². The maximum absolute atomic E-state index is 12.3. The summed E-state index contributed by atoms with van der Waals surface area (Å²) in [4.78, 5) is 4.84. The van der Waals surface area contributed by atoms with Crippen LogP contribution in [-0.2, 0) is 16.4 Å². The summed E-state index contributed by atoms with van der Waals surface area (Å²) in [7, 11) is -3.16. The highest BCUT2D eigenvalue weighted by molar-refractivity contribution is 7.89. The molecule has 3 heterocycles. The molecule has 0 unspecified atom stereocenters. The zero-order valence-corrected chi connectivity index (χ0v) is 19.8. The van der Waals surface area contributed by atoms with Crippen LogP contribution in [0.15, 0.2) is 48.5 Å². The van der Waals surface area contributed by atoms with Crippen molar-refractivity contribution in [2.45, 2.75) is 43.7 Å². The lowest BCUT2D eigenvalue weighted by molar-refractivity contribution is 0.0502. The van der Waals surface area contributed by atoms with Gasteiger partial charge in [-0.3, -0.25) is 4.90 Å². The first kappa shape index (κ1) is 21.4. The van der Waals surface area contributed by atoms with Crippen LogP contribution < -0.4 is 14.4 Å². The fourth-order valence-corrected chi connectivity index (χ4v) is 7.17. The van der Waals surface area contributed by atoms with Crippen LogP contribution in [0.25, 0.3) is 0 Å². The molecular formula is C26H33N3O3S. The van der Waals surface area contributed by atoms with Gasteiger partial charge < -0.3 is 9.64 Å². The summed E-state index contributed by atoms with van der Waals surface area (Å²) in [6.07, 6.45) is 4.38. The lowest BCUT2D eigenvalue weighted by atomic mass is 9.82. The summed E-state index contributed by atoms with van der Waals surface area (Å²) in [5, 5.41) is 0. The van der Waals surface area contributed by atoms with Gasteiger partial charge in [-0.05, 0) is 68.5 Å². The maximum Gasteiger partial charge on any atom is 0.212 e. The lowest BCUT2D eigenvalue weighted by Gasteiger charge is -2.46. The molecule has 0 aromatic heterocycles. The first-order valence-electron chi connectivity index (χ1n) is 12.3. The minimum absolute atomic E-state index is 0.00924. The first-order valence-corrected chi connectivity index (χ1v) is 14.0. The van der Waals surface area contributed by atoms with Crippen molar-refractivity contribution in [2.75, 3.05) is 43.4 Å². The molecule has 0 spiro atoms. The Hall–Kier alpha value is -2.09. The zero-order valence-electron chi connectivity index (χ0n) is 19.0. The second kappa shape index (κ2) is 8.60. The summed E-state index contributed by atoms with van der Waals surface area (Å²) in [5.41, 5.74) is 3.81. The molecule has 4 aliphatic rings. The number of rotatable bonds is 8. The number of anilines is 1. The largest absolute Gasteiger partial charge is 0.492 e. The van der Waals surface area contributed by atoms with Crippen LogP contribution in [0.5, 0.6) is 5.75 Å². The molecule has 33 heavy (non-hydrogen) atoms. The van der Waals surface area contributed by atoms with Gasteiger partial charge in [0, 0.05) is 30.3 Å². The minimum atomic E-state index is -3.16. The molecule has 3 fully saturated rings. The molecule has 0 amide bonds. The SMILES string of the molecule is O=S(=O)(CC1CC1)NC1CN(c2ccc3c(c2)[C@H](Cc2ccccc2)[C@H](N2CCC2)CO3)C1. The fraction of sp³-hybridized carbons (Fsp3) is 0.538. The number of likely N-dealkylation sites (tertiary alicyclic amines) is 1. The third-order valence-electron chi connectivity index (χ3n) is 7.67. The van der Waals surface area contributed by atoms with E-state index in [0.29, 0.717) is 23.6 Å². The Labute approximate surface area is 197 Å². The van der Waals surface area contributed by atoms with E-state index in [1.165, 1.54) is 17.5 Å². The van der Waals surface area contributed by atoms with Crippen LogP contribution >= 0.6 is 0 Å². The summed E-state index contributed by atoms with van der Waals surface area (Å²) in [6, 6.07) is 17.7. The Morgan fingerprint density at radius 2 is 1.82 bits per heavy atom. The number of nitrogens with zero attached hydrogens (tertiary/aromatic N) is 2. The van der Waals surface area contributed by atoms with Gasteiger partial charge in [0.15, 0.2) is 0 Å². The van der Waals surface area contributed by atoms with Crippen molar-refractivity contribution in [2.24, 2.45) is 5.92 Å². The predicted molar refractivity (Wildman–Crippen MR) is 130 cm³/mol. The molecule has 2 aromatic rings. The Bertz CT molecular complexity index is 1090. The third kappa shape index (κ3) is 4.63. The van der Waals surface area contributed by atoms with Crippen LogP contribution in [-0.4, -0.2) is 63.9 Å². The van der Waals surface area contributed by atoms with Crippen LogP contribution in [0, 0.1) is 5.92 Å². The van der Waals surface area contributed by atoms with Crippen molar-refractivity contribution >= 4 is 15.7 Å². The molecule has 0 radical (unpaired) electrons. The smallest absolute Gasteiger partial charge is 0.212 e. The van der Waals surface area contributed by atoms with E-state index < -0.39 is 10.0 Å². The molecule has 1 aliphatic carbocycles. The summed E-state index contributed by atoms with van der Waals surface area (Å²) in [5.74, 6) is 2.06. The number of ether oxygens (including phenoxy) is 1. The van der Waals surface area contributed by atoms with Crippen molar-refractivity contribution in [1.29, 1.82) is 0 Å². The molecule has 2 aromatic carbocycles. The number of hydrogen-bond acceptors (Lipinski definition) is 5. The Morgan fingerprint density at radius 3 is 2.52 bits per heavy atom. The van der Waals surface area contributed by atoms with E-state index in [0.717, 1.165) is 63.5 Å². The van der Waals surface area contributed by atoms with Crippen LogP contribution in [0.2, 0.25) is 0 Å². The maximum atomic E-state index is 12.3. The zero-order chi connectivity index (χ0) is 22.4. The first-order chi connectivity index (χ1) is 16.0. The number of benzene rings is 2. The molecule has 0 bridgehead atoms. The lowest BCUT2D eigenvalue weighted by Crippen LogP contribution is -2.59. The Balaban J connectivity index is 1.19. The van der Waals surface area contributed by atoms with Gasteiger partial charge in [0.2, 0.25) is 10.0 Å². The van der Waals surface area contributed by atoms with Gasteiger partial charge in [0.05, 0.1) is 17.8 Å². The number of fused-ring (bicyclic) bond motifs is 1. The average Bonchev–Trinajstić information content (AvgIpc) is 3.54. The molecule has 3 aliphatic heterocycles. The summed E-state index contributed by atoms with van der Waals surface area (Å²) >= 11 is 0. The van der Waals surface area contributed by atoms with Crippen LogP contribution in [0.1, 0.15) is 36.3 Å². The minimum Gasteiger partial charge on any atom is -0.492 e. The molecule has 2 saturated heterocycles. The molecule has 1 N–H and O–H groups in total. The molecule has 176 valence electrons. The molecule has 1 saturated carbocycles. The second-order valence-electron chi connectivity index (χ2n) is 10.2. The monoisotopic (exact) mass is 467 g/mol. The topological polar surface area (TPSA) is 61.9 Å². The molecule has 2 atom stereocenters. The molecule has 6 nitrogen and oxygen atoms in total. The average molecular weight is 468 g/mol. The number of nitrogens with one attached hydrogen (secondary N) is 1. The van der Waals surface area contributed by atoms with E-state index in [4.69, 9.17) is 4.74 Å². The van der Waals surface area contributed by atoms with Crippen molar-refractivity contribution in [3.05, 3.63) is 59.7 Å². The van der Waals surface area contributed by atoms with Gasteiger partial charge in [-0.1, -0.05) is 30.3 Å². The van der Waals surface area contributed by atoms with Crippen molar-refractivity contribution < 1.29 is 13.2 Å². The summed E-state index contributed by atoms with van der Waals surface area (Å²) in [6.45, 7) is 4.51. The quantitative estimate of drug-likeness (QED) is 0.647. The van der Waals surface area contributed by atoms with Gasteiger partial charge in [-0.25, -0.2) is 13.1 Å². The molecule has 6 rings (SSSR count). The standard InChI is InChI=1S/C26H33N3O3S/c30-33(31,18-20-7-8-20)27-21-15-29(16-21)22-9-10-26-24(14-22)23(13-19-5-2-1-3-6-19)25(17-32-26)28-11-4-12-28/h1-3,5-6,9-10,14,20-21,23,25,27H,4,7-8,11-13,15-18H2/t23-,25+/m0/s1. The van der Waals surface area contributed by atoms with E-state index >= 15 is 0 Å². The van der Waals surface area contributed by atoms with E-state index in [2.05, 4.69) is 63.1 Å². The van der Waals surface area contributed by atoms with E-state index in [9.17, 15) is 8.42 Å². The van der Waals surface area contributed by atoms with E-state index in [1.807, 2.05) is 0 Å². The Kier molecular flexibility index (Phi) is 5.59. The van der Waals surface area contributed by atoms with Crippen molar-refractivity contribution in [3.63, 3.8) is 0 Å². The predicted octanol–water partition coefficient (Wildman–Crippen LogP) is 3.00. The van der Waals surface area contributed by atoms with Gasteiger partial charge in [-0.15, -0.1) is 0 Å². The molecular weight excluding hydrogens is 434 g/mol. The van der Waals surface area contributed by atoms with Crippen molar-refractivity contribution in [3.8, 4) is 5.75 Å². The van der Waals surface area contributed by atoms with Gasteiger partial charge in [0.25, 0.3) is 0 Å². The van der Waals surface area contributed by atoms with E-state index in [1.54, 1.807) is 0 Å².